The molecule has 16 heavy (non-hydrogen) atoms. The molecule has 1 unspecified atom stereocenters. The molecule has 0 spiro atoms. The van der Waals surface area contributed by atoms with Crippen molar-refractivity contribution >= 4 is 9.84 Å². The summed E-state index contributed by atoms with van der Waals surface area (Å²) in [7, 11) is -3.02. The second kappa shape index (κ2) is 4.34. The summed E-state index contributed by atoms with van der Waals surface area (Å²) in [6.07, 6.45) is 4.72. The van der Waals surface area contributed by atoms with Crippen LogP contribution in [0.4, 0.5) is 0 Å². The molecule has 2 aliphatic heterocycles. The number of sulfone groups is 1. The average Bonchev–Trinajstić information content (AvgIpc) is 2.29. The molecule has 0 amide bonds. The minimum Gasteiger partial charge on any atom is -0.285 e. The van der Waals surface area contributed by atoms with Crippen molar-refractivity contribution in [2.45, 2.75) is 37.6 Å². The van der Waals surface area contributed by atoms with Gasteiger partial charge in [-0.15, -0.1) is 0 Å². The Kier molecular flexibility index (Phi) is 3.22. The Labute approximate surface area is 97.2 Å². The Bertz CT molecular complexity index is 393. The SMILES string of the molecule is N#CC1(N2CCCCC2)CCCS(=O)(=O)C1. The summed E-state index contributed by atoms with van der Waals surface area (Å²) in [6, 6.07) is 2.29. The highest BCUT2D eigenvalue weighted by molar-refractivity contribution is 7.91. The second-order valence-corrected chi connectivity index (χ2v) is 7.07. The number of hydrogen-bond donors (Lipinski definition) is 0. The van der Waals surface area contributed by atoms with Gasteiger partial charge in [0.15, 0.2) is 9.84 Å². The lowest BCUT2D eigenvalue weighted by Crippen LogP contribution is -2.56. The Morgan fingerprint density at radius 3 is 2.38 bits per heavy atom. The number of piperidine rings is 1. The molecular formula is C11H18N2O2S. The number of rotatable bonds is 1. The lowest BCUT2D eigenvalue weighted by Gasteiger charge is -2.42. The molecule has 0 radical (unpaired) electrons. The van der Waals surface area contributed by atoms with E-state index < -0.39 is 15.4 Å². The summed E-state index contributed by atoms with van der Waals surface area (Å²) in [5, 5.41) is 9.37. The zero-order valence-electron chi connectivity index (χ0n) is 9.48. The van der Waals surface area contributed by atoms with E-state index in [0.29, 0.717) is 12.8 Å². The lowest BCUT2D eigenvalue weighted by atomic mass is 9.92. The number of hydrogen-bond acceptors (Lipinski definition) is 4. The molecule has 0 aromatic carbocycles. The van der Waals surface area contributed by atoms with E-state index in [1.807, 2.05) is 0 Å². The summed E-state index contributed by atoms with van der Waals surface area (Å²) in [4.78, 5) is 2.10. The van der Waals surface area contributed by atoms with E-state index in [4.69, 9.17) is 0 Å². The highest BCUT2D eigenvalue weighted by Gasteiger charge is 2.44. The van der Waals surface area contributed by atoms with Crippen LogP contribution in [-0.4, -0.2) is 43.5 Å². The molecule has 90 valence electrons. The van der Waals surface area contributed by atoms with Crippen LogP contribution in [0.25, 0.3) is 0 Å². The summed E-state index contributed by atoms with van der Waals surface area (Å²) in [6.45, 7) is 1.76. The van der Waals surface area contributed by atoms with Crippen molar-refractivity contribution in [2.75, 3.05) is 24.6 Å². The van der Waals surface area contributed by atoms with Crippen molar-refractivity contribution in [1.29, 1.82) is 5.26 Å². The van der Waals surface area contributed by atoms with Crippen LogP contribution < -0.4 is 0 Å². The van der Waals surface area contributed by atoms with Gasteiger partial charge in [-0.25, -0.2) is 8.42 Å². The predicted octanol–water partition coefficient (Wildman–Crippen LogP) is 0.943. The third kappa shape index (κ3) is 2.23. The van der Waals surface area contributed by atoms with Gasteiger partial charge in [0.05, 0.1) is 17.6 Å². The van der Waals surface area contributed by atoms with E-state index >= 15 is 0 Å². The largest absolute Gasteiger partial charge is 0.285 e. The van der Waals surface area contributed by atoms with Gasteiger partial charge in [0, 0.05) is 0 Å². The molecule has 0 saturated carbocycles. The van der Waals surface area contributed by atoms with Crippen molar-refractivity contribution in [3.05, 3.63) is 0 Å². The molecule has 2 heterocycles. The lowest BCUT2D eigenvalue weighted by molar-refractivity contribution is 0.115. The van der Waals surface area contributed by atoms with Crippen LogP contribution in [0.3, 0.4) is 0 Å². The minimum atomic E-state index is -3.02. The first-order valence-corrected chi connectivity index (χ1v) is 7.77. The summed E-state index contributed by atoms with van der Waals surface area (Å²) in [5.74, 6) is 0.292. The molecule has 4 nitrogen and oxygen atoms in total. The van der Waals surface area contributed by atoms with Crippen molar-refractivity contribution in [1.82, 2.24) is 4.90 Å². The molecule has 0 N–H and O–H groups in total. The normalized spacial score (nSPS) is 35.4. The summed E-state index contributed by atoms with van der Waals surface area (Å²) in [5.41, 5.74) is -0.725. The Balaban J connectivity index is 2.21. The van der Waals surface area contributed by atoms with Crippen molar-refractivity contribution in [3.8, 4) is 6.07 Å². The highest BCUT2D eigenvalue weighted by atomic mass is 32.2. The fourth-order valence-corrected chi connectivity index (χ4v) is 4.67. The number of nitriles is 1. The topological polar surface area (TPSA) is 61.2 Å². The van der Waals surface area contributed by atoms with E-state index in [1.165, 1.54) is 6.42 Å². The molecule has 2 fully saturated rings. The van der Waals surface area contributed by atoms with Crippen molar-refractivity contribution in [2.24, 2.45) is 0 Å². The fourth-order valence-electron chi connectivity index (χ4n) is 2.82. The van der Waals surface area contributed by atoms with E-state index in [9.17, 15) is 13.7 Å². The third-order valence-corrected chi connectivity index (χ3v) is 5.50. The molecule has 0 bridgehead atoms. The average molecular weight is 242 g/mol. The standard InChI is InChI=1S/C11H18N2O2S/c12-9-11(13-6-2-1-3-7-13)5-4-8-16(14,15)10-11/h1-8,10H2. The maximum absolute atomic E-state index is 11.7. The first kappa shape index (κ1) is 11.9. The minimum absolute atomic E-state index is 0.0382. The first-order valence-electron chi connectivity index (χ1n) is 5.95. The monoisotopic (exact) mass is 242 g/mol. The van der Waals surface area contributed by atoms with Gasteiger partial charge < -0.3 is 0 Å². The van der Waals surface area contributed by atoms with Gasteiger partial charge in [0.1, 0.15) is 5.54 Å². The van der Waals surface area contributed by atoms with Gasteiger partial charge in [-0.05, 0) is 38.8 Å². The molecule has 0 aromatic heterocycles. The smallest absolute Gasteiger partial charge is 0.153 e. The van der Waals surface area contributed by atoms with Crippen LogP contribution >= 0.6 is 0 Å². The number of likely N-dealkylation sites (tertiary alicyclic amines) is 1. The van der Waals surface area contributed by atoms with Crippen LogP contribution in [0.1, 0.15) is 32.1 Å². The molecule has 1 atom stereocenters. The quantitative estimate of drug-likeness (QED) is 0.686. The Morgan fingerprint density at radius 1 is 1.12 bits per heavy atom. The van der Waals surface area contributed by atoms with Gasteiger partial charge in [0.2, 0.25) is 0 Å². The van der Waals surface area contributed by atoms with E-state index in [-0.39, 0.29) is 11.5 Å². The third-order valence-electron chi connectivity index (χ3n) is 3.67. The fraction of sp³-hybridized carbons (Fsp3) is 0.909. The first-order chi connectivity index (χ1) is 7.58. The van der Waals surface area contributed by atoms with Gasteiger partial charge in [-0.1, -0.05) is 6.42 Å². The summed E-state index contributed by atoms with van der Waals surface area (Å²) >= 11 is 0. The maximum atomic E-state index is 11.7. The second-order valence-electron chi connectivity index (χ2n) is 4.89. The molecule has 2 saturated heterocycles. The Hall–Kier alpha value is -0.600. The van der Waals surface area contributed by atoms with Gasteiger partial charge >= 0.3 is 0 Å². The van der Waals surface area contributed by atoms with Gasteiger partial charge in [0.25, 0.3) is 0 Å². The van der Waals surface area contributed by atoms with Crippen LogP contribution in [-0.2, 0) is 9.84 Å². The van der Waals surface area contributed by atoms with Crippen molar-refractivity contribution in [3.63, 3.8) is 0 Å². The zero-order valence-corrected chi connectivity index (χ0v) is 10.3. The molecule has 2 aliphatic rings. The maximum Gasteiger partial charge on any atom is 0.153 e. The zero-order chi connectivity index (χ0) is 11.6. The summed E-state index contributed by atoms with van der Waals surface area (Å²) < 4.78 is 23.4. The highest BCUT2D eigenvalue weighted by Crippen LogP contribution is 2.30. The van der Waals surface area contributed by atoms with Crippen LogP contribution in [0, 0.1) is 11.3 Å². The van der Waals surface area contributed by atoms with Gasteiger partial charge in [-0.3, -0.25) is 4.90 Å². The van der Waals surface area contributed by atoms with Crippen molar-refractivity contribution < 1.29 is 8.42 Å². The predicted molar refractivity (Wildman–Crippen MR) is 61.7 cm³/mol. The van der Waals surface area contributed by atoms with Crippen LogP contribution in [0.15, 0.2) is 0 Å². The van der Waals surface area contributed by atoms with E-state index in [2.05, 4.69) is 11.0 Å². The van der Waals surface area contributed by atoms with E-state index in [0.717, 1.165) is 25.9 Å². The molecule has 0 aliphatic carbocycles. The van der Waals surface area contributed by atoms with Crippen LogP contribution in [0.2, 0.25) is 0 Å². The Morgan fingerprint density at radius 2 is 1.81 bits per heavy atom. The molecule has 5 heteroatoms. The molecule has 2 rings (SSSR count). The van der Waals surface area contributed by atoms with Gasteiger partial charge in [-0.2, -0.15) is 5.26 Å². The van der Waals surface area contributed by atoms with E-state index in [1.54, 1.807) is 0 Å². The van der Waals surface area contributed by atoms with Crippen LogP contribution in [0.5, 0.6) is 0 Å². The molecular weight excluding hydrogens is 224 g/mol. The molecule has 0 aromatic rings. The number of nitrogens with zero attached hydrogens (tertiary/aromatic N) is 2.